The molecule has 1 heterocycles. The van der Waals surface area contributed by atoms with Gasteiger partial charge in [0, 0.05) is 13.1 Å². The summed E-state index contributed by atoms with van der Waals surface area (Å²) in [7, 11) is 0. The fraction of sp³-hybridized carbons (Fsp3) is 0.385. The van der Waals surface area contributed by atoms with Gasteiger partial charge in [-0.05, 0) is 12.1 Å². The second-order valence-corrected chi connectivity index (χ2v) is 3.99. The molecule has 4 nitrogen and oxygen atoms in total. The fourth-order valence-electron chi connectivity index (χ4n) is 1.61. The molecule has 0 bridgehead atoms. The van der Waals surface area contributed by atoms with Crippen LogP contribution in [0.3, 0.4) is 0 Å². The molecule has 0 saturated heterocycles. The van der Waals surface area contributed by atoms with Gasteiger partial charge in [0.15, 0.2) is 0 Å². The molecule has 2 rings (SSSR count). The number of nitrogens with one attached hydrogen (secondary N) is 1. The largest absolute Gasteiger partial charge is 0.374 e. The van der Waals surface area contributed by atoms with Crippen molar-refractivity contribution in [3.63, 3.8) is 0 Å². The van der Waals surface area contributed by atoms with Crippen LogP contribution in [0.1, 0.15) is 5.69 Å². The lowest BCUT2D eigenvalue weighted by molar-refractivity contribution is 0.0187. The lowest BCUT2D eigenvalue weighted by Gasteiger charge is -2.06. The first-order valence-corrected chi connectivity index (χ1v) is 6.03. The molecule has 0 amide bonds. The van der Waals surface area contributed by atoms with Gasteiger partial charge in [0.25, 0.3) is 6.43 Å². The molecule has 102 valence electrons. The average Bonchev–Trinajstić information content (AvgIpc) is 2.42. The van der Waals surface area contributed by atoms with Gasteiger partial charge < -0.3 is 10.1 Å². The normalized spacial score (nSPS) is 11.3. The first-order chi connectivity index (χ1) is 9.25. The molecule has 1 N–H and O–H groups in total. The molecule has 0 radical (unpaired) electrons. The predicted octanol–water partition coefficient (Wildman–Crippen LogP) is 2.00. The Balaban J connectivity index is 1.75. The Bertz CT molecular complexity index is 522. The highest BCUT2D eigenvalue weighted by molar-refractivity contribution is 5.73. The number of rotatable bonds is 7. The van der Waals surface area contributed by atoms with E-state index in [1.807, 2.05) is 24.3 Å². The van der Waals surface area contributed by atoms with Crippen LogP contribution in [0.4, 0.5) is 8.78 Å². The number of alkyl halides is 2. The summed E-state index contributed by atoms with van der Waals surface area (Å²) in [5.74, 6) is 0. The van der Waals surface area contributed by atoms with Crippen LogP contribution in [-0.2, 0) is 11.3 Å². The Morgan fingerprint density at radius 3 is 2.79 bits per heavy atom. The van der Waals surface area contributed by atoms with Crippen LogP contribution in [0.2, 0.25) is 0 Å². The van der Waals surface area contributed by atoms with Crippen molar-refractivity contribution < 1.29 is 13.5 Å². The van der Waals surface area contributed by atoms with Crippen LogP contribution in [0.5, 0.6) is 0 Å². The Kier molecular flexibility index (Phi) is 5.11. The van der Waals surface area contributed by atoms with E-state index < -0.39 is 13.0 Å². The van der Waals surface area contributed by atoms with Crippen LogP contribution in [0, 0.1) is 0 Å². The molecule has 0 atom stereocenters. The molecule has 0 aliphatic rings. The van der Waals surface area contributed by atoms with Crippen molar-refractivity contribution in [1.29, 1.82) is 0 Å². The summed E-state index contributed by atoms with van der Waals surface area (Å²) in [6.07, 6.45) is -0.707. The minimum atomic E-state index is -2.41. The minimum Gasteiger partial charge on any atom is -0.374 e. The topological polar surface area (TPSA) is 47.0 Å². The zero-order chi connectivity index (χ0) is 13.5. The van der Waals surface area contributed by atoms with E-state index in [-0.39, 0.29) is 6.61 Å². The molecule has 0 spiro atoms. The van der Waals surface area contributed by atoms with Crippen LogP contribution >= 0.6 is 0 Å². The van der Waals surface area contributed by atoms with Gasteiger partial charge >= 0.3 is 0 Å². The molecule has 2 aromatic rings. The average molecular weight is 267 g/mol. The maximum atomic E-state index is 11.8. The highest BCUT2D eigenvalue weighted by Crippen LogP contribution is 2.07. The van der Waals surface area contributed by atoms with Gasteiger partial charge in [-0.3, -0.25) is 4.98 Å². The van der Waals surface area contributed by atoms with E-state index in [1.165, 1.54) is 0 Å². The van der Waals surface area contributed by atoms with Gasteiger partial charge in [-0.25, -0.2) is 13.8 Å². The van der Waals surface area contributed by atoms with Crippen molar-refractivity contribution >= 4 is 11.0 Å². The lowest BCUT2D eigenvalue weighted by Crippen LogP contribution is -2.21. The van der Waals surface area contributed by atoms with Crippen molar-refractivity contribution in [2.24, 2.45) is 0 Å². The first kappa shape index (κ1) is 13.8. The van der Waals surface area contributed by atoms with E-state index in [0.717, 1.165) is 16.7 Å². The van der Waals surface area contributed by atoms with E-state index in [9.17, 15) is 8.78 Å². The third kappa shape index (κ3) is 4.50. The van der Waals surface area contributed by atoms with Crippen molar-refractivity contribution in [2.75, 3.05) is 19.8 Å². The summed E-state index contributed by atoms with van der Waals surface area (Å²) in [6, 6.07) is 7.62. The van der Waals surface area contributed by atoms with E-state index >= 15 is 0 Å². The molecular formula is C13H15F2N3O. The van der Waals surface area contributed by atoms with Gasteiger partial charge in [0.2, 0.25) is 0 Å². The van der Waals surface area contributed by atoms with Gasteiger partial charge in [-0.15, -0.1) is 0 Å². The van der Waals surface area contributed by atoms with Gasteiger partial charge in [0.1, 0.15) is 6.61 Å². The summed E-state index contributed by atoms with van der Waals surface area (Å²) in [4.78, 5) is 8.72. The molecule has 0 unspecified atom stereocenters. The van der Waals surface area contributed by atoms with Crippen molar-refractivity contribution in [1.82, 2.24) is 15.3 Å². The standard InChI is InChI=1S/C13H15F2N3O/c14-13(15)9-19-6-5-16-7-10-8-17-11-3-1-2-4-12(11)18-10/h1-4,8,13,16H,5-7,9H2. The Labute approximate surface area is 109 Å². The maximum absolute atomic E-state index is 11.8. The number of nitrogens with zero attached hydrogens (tertiary/aromatic N) is 2. The number of aromatic nitrogens is 2. The molecule has 6 heteroatoms. The summed E-state index contributed by atoms with van der Waals surface area (Å²) in [5, 5.41) is 3.07. The molecule has 0 saturated carbocycles. The number of halogens is 2. The summed E-state index contributed by atoms with van der Waals surface area (Å²) in [5.41, 5.74) is 2.51. The molecular weight excluding hydrogens is 252 g/mol. The first-order valence-electron chi connectivity index (χ1n) is 6.03. The molecule has 0 aliphatic heterocycles. The van der Waals surface area contributed by atoms with Crippen LogP contribution in [-0.4, -0.2) is 36.2 Å². The summed E-state index contributed by atoms with van der Waals surface area (Å²) < 4.78 is 28.3. The van der Waals surface area contributed by atoms with Crippen molar-refractivity contribution in [3.05, 3.63) is 36.2 Å². The third-order valence-electron chi connectivity index (χ3n) is 2.47. The smallest absolute Gasteiger partial charge is 0.261 e. The quantitative estimate of drug-likeness (QED) is 0.779. The Morgan fingerprint density at radius 1 is 1.21 bits per heavy atom. The number of benzene rings is 1. The predicted molar refractivity (Wildman–Crippen MR) is 68.1 cm³/mol. The van der Waals surface area contributed by atoms with Crippen LogP contribution in [0.25, 0.3) is 11.0 Å². The molecule has 1 aromatic carbocycles. The number of ether oxygens (including phenoxy) is 1. The summed E-state index contributed by atoms with van der Waals surface area (Å²) in [6.45, 7) is 0.778. The SMILES string of the molecule is FC(F)COCCNCc1cnc2ccccc2n1. The van der Waals surface area contributed by atoms with Gasteiger partial charge in [-0.1, -0.05) is 12.1 Å². The number of para-hydroxylation sites is 2. The summed E-state index contributed by atoms with van der Waals surface area (Å²) >= 11 is 0. The molecule has 19 heavy (non-hydrogen) atoms. The molecule has 1 aromatic heterocycles. The van der Waals surface area contributed by atoms with E-state index in [2.05, 4.69) is 15.3 Å². The number of fused-ring (bicyclic) bond motifs is 1. The fourth-order valence-corrected chi connectivity index (χ4v) is 1.61. The second-order valence-electron chi connectivity index (χ2n) is 3.99. The van der Waals surface area contributed by atoms with Crippen molar-refractivity contribution in [3.8, 4) is 0 Å². The molecule has 0 fully saturated rings. The zero-order valence-electron chi connectivity index (χ0n) is 10.4. The maximum Gasteiger partial charge on any atom is 0.261 e. The van der Waals surface area contributed by atoms with E-state index in [1.54, 1.807) is 6.20 Å². The highest BCUT2D eigenvalue weighted by Gasteiger charge is 2.01. The van der Waals surface area contributed by atoms with Gasteiger partial charge in [-0.2, -0.15) is 0 Å². The van der Waals surface area contributed by atoms with E-state index in [4.69, 9.17) is 4.74 Å². The van der Waals surface area contributed by atoms with Crippen LogP contribution < -0.4 is 5.32 Å². The van der Waals surface area contributed by atoms with Crippen molar-refractivity contribution in [2.45, 2.75) is 13.0 Å². The number of hydrogen-bond donors (Lipinski definition) is 1. The zero-order valence-corrected chi connectivity index (χ0v) is 10.4. The lowest BCUT2D eigenvalue weighted by atomic mass is 10.3. The minimum absolute atomic E-state index is 0.255. The van der Waals surface area contributed by atoms with E-state index in [0.29, 0.717) is 13.1 Å². The Morgan fingerprint density at radius 2 is 2.00 bits per heavy atom. The van der Waals surface area contributed by atoms with Gasteiger partial charge in [0.05, 0.1) is 29.5 Å². The molecule has 0 aliphatic carbocycles. The third-order valence-corrected chi connectivity index (χ3v) is 2.47. The Hall–Kier alpha value is -1.66. The van der Waals surface area contributed by atoms with Crippen LogP contribution in [0.15, 0.2) is 30.5 Å². The number of hydrogen-bond acceptors (Lipinski definition) is 4. The monoisotopic (exact) mass is 267 g/mol. The second kappa shape index (κ2) is 7.06. The highest BCUT2D eigenvalue weighted by atomic mass is 19.3.